The summed E-state index contributed by atoms with van der Waals surface area (Å²) < 4.78 is 5.75. The Hall–Kier alpha value is -1.32. The molecule has 1 heterocycles. The third kappa shape index (κ3) is 5.05. The van der Waals surface area contributed by atoms with Gasteiger partial charge in [-0.2, -0.15) is 11.3 Å². The van der Waals surface area contributed by atoms with E-state index in [2.05, 4.69) is 48.1 Å². The van der Waals surface area contributed by atoms with Crippen LogP contribution in [0.3, 0.4) is 0 Å². The van der Waals surface area contributed by atoms with Crippen molar-refractivity contribution < 1.29 is 4.74 Å². The smallest absolute Gasteiger partial charge is 0.119 e. The predicted octanol–water partition coefficient (Wildman–Crippen LogP) is 3.66. The Bertz CT molecular complexity index is 464. The molecule has 1 N–H and O–H groups in total. The average Bonchev–Trinajstić information content (AvgIpc) is 2.91. The minimum Gasteiger partial charge on any atom is -0.492 e. The van der Waals surface area contributed by atoms with Crippen molar-refractivity contribution in [3.8, 4) is 5.75 Å². The molecule has 0 aliphatic carbocycles. The molecule has 0 amide bonds. The second-order valence-electron chi connectivity index (χ2n) is 4.86. The van der Waals surface area contributed by atoms with Crippen LogP contribution in [0.2, 0.25) is 0 Å². The molecule has 0 saturated carbocycles. The van der Waals surface area contributed by atoms with Crippen LogP contribution < -0.4 is 10.1 Å². The molecule has 2 nitrogen and oxygen atoms in total. The van der Waals surface area contributed by atoms with E-state index in [9.17, 15) is 0 Å². The molecule has 1 atom stereocenters. The van der Waals surface area contributed by atoms with E-state index >= 15 is 0 Å². The molecule has 19 heavy (non-hydrogen) atoms. The van der Waals surface area contributed by atoms with Crippen molar-refractivity contribution in [2.24, 2.45) is 0 Å². The Morgan fingerprint density at radius 2 is 2.00 bits per heavy atom. The van der Waals surface area contributed by atoms with Gasteiger partial charge in [0, 0.05) is 6.04 Å². The van der Waals surface area contributed by atoms with Crippen LogP contribution in [-0.2, 0) is 6.42 Å². The zero-order valence-electron chi connectivity index (χ0n) is 11.6. The maximum absolute atomic E-state index is 5.75. The zero-order chi connectivity index (χ0) is 13.5. The monoisotopic (exact) mass is 275 g/mol. The fraction of sp³-hybridized carbons (Fsp3) is 0.375. The van der Waals surface area contributed by atoms with Crippen LogP contribution in [0.5, 0.6) is 5.75 Å². The molecule has 2 aromatic rings. The highest BCUT2D eigenvalue weighted by atomic mass is 32.1. The van der Waals surface area contributed by atoms with Gasteiger partial charge in [-0.1, -0.05) is 17.7 Å². The average molecular weight is 275 g/mol. The first-order valence-corrected chi connectivity index (χ1v) is 7.62. The SMILES string of the molecule is Cc1ccc(OCC(C)NCCc2ccsc2)cc1. The summed E-state index contributed by atoms with van der Waals surface area (Å²) in [6, 6.07) is 10.7. The maximum Gasteiger partial charge on any atom is 0.119 e. The normalized spacial score (nSPS) is 12.3. The Balaban J connectivity index is 1.64. The summed E-state index contributed by atoms with van der Waals surface area (Å²) in [4.78, 5) is 0. The van der Waals surface area contributed by atoms with Crippen LogP contribution >= 0.6 is 11.3 Å². The summed E-state index contributed by atoms with van der Waals surface area (Å²) >= 11 is 1.75. The van der Waals surface area contributed by atoms with Crippen LogP contribution in [0.25, 0.3) is 0 Å². The minimum absolute atomic E-state index is 0.361. The van der Waals surface area contributed by atoms with Gasteiger partial charge in [-0.3, -0.25) is 0 Å². The largest absolute Gasteiger partial charge is 0.492 e. The Morgan fingerprint density at radius 3 is 2.68 bits per heavy atom. The third-order valence-corrected chi connectivity index (χ3v) is 3.74. The van der Waals surface area contributed by atoms with Crippen molar-refractivity contribution in [3.63, 3.8) is 0 Å². The lowest BCUT2D eigenvalue weighted by Gasteiger charge is -2.14. The molecular formula is C16H21NOS. The number of ether oxygens (including phenoxy) is 1. The quantitative estimate of drug-likeness (QED) is 0.832. The standard InChI is InChI=1S/C16H21NOS/c1-13-3-5-16(6-4-13)18-11-14(2)17-9-7-15-8-10-19-12-15/h3-6,8,10,12,14,17H,7,9,11H2,1-2H3. The van der Waals surface area contributed by atoms with Crippen LogP contribution in [0.15, 0.2) is 41.1 Å². The van der Waals surface area contributed by atoms with Gasteiger partial charge in [0.1, 0.15) is 12.4 Å². The minimum atomic E-state index is 0.361. The fourth-order valence-corrected chi connectivity index (χ4v) is 2.52. The Labute approximate surface area is 119 Å². The molecule has 0 bridgehead atoms. The van der Waals surface area contributed by atoms with E-state index in [1.807, 2.05) is 12.1 Å². The highest BCUT2D eigenvalue weighted by Crippen LogP contribution is 2.11. The highest BCUT2D eigenvalue weighted by molar-refractivity contribution is 7.07. The molecule has 1 aromatic carbocycles. The number of thiophene rings is 1. The number of aryl methyl sites for hydroxylation is 1. The molecule has 1 aromatic heterocycles. The number of nitrogens with one attached hydrogen (secondary N) is 1. The lowest BCUT2D eigenvalue weighted by molar-refractivity contribution is 0.274. The van der Waals surface area contributed by atoms with E-state index in [4.69, 9.17) is 4.74 Å². The van der Waals surface area contributed by atoms with Gasteiger partial charge in [-0.15, -0.1) is 0 Å². The van der Waals surface area contributed by atoms with E-state index in [1.54, 1.807) is 11.3 Å². The van der Waals surface area contributed by atoms with E-state index in [1.165, 1.54) is 11.1 Å². The van der Waals surface area contributed by atoms with Crippen molar-refractivity contribution in [1.82, 2.24) is 5.32 Å². The lowest BCUT2D eigenvalue weighted by atomic mass is 10.2. The Kier molecular flexibility index (Phi) is 5.43. The molecule has 0 radical (unpaired) electrons. The summed E-state index contributed by atoms with van der Waals surface area (Å²) in [6.45, 7) is 5.93. The summed E-state index contributed by atoms with van der Waals surface area (Å²) in [7, 11) is 0. The summed E-state index contributed by atoms with van der Waals surface area (Å²) in [5.41, 5.74) is 2.67. The van der Waals surface area contributed by atoms with Gasteiger partial charge >= 0.3 is 0 Å². The Morgan fingerprint density at radius 1 is 1.21 bits per heavy atom. The molecule has 0 aliphatic heterocycles. The number of rotatable bonds is 7. The van der Waals surface area contributed by atoms with Gasteiger partial charge < -0.3 is 10.1 Å². The van der Waals surface area contributed by atoms with Crippen LogP contribution in [0, 0.1) is 6.92 Å². The number of hydrogen-bond acceptors (Lipinski definition) is 3. The molecule has 0 spiro atoms. The molecule has 0 saturated heterocycles. The molecule has 102 valence electrons. The van der Waals surface area contributed by atoms with Crippen LogP contribution in [-0.4, -0.2) is 19.2 Å². The van der Waals surface area contributed by atoms with Crippen LogP contribution in [0.4, 0.5) is 0 Å². The van der Waals surface area contributed by atoms with Gasteiger partial charge in [0.2, 0.25) is 0 Å². The highest BCUT2D eigenvalue weighted by Gasteiger charge is 2.02. The van der Waals surface area contributed by atoms with Gasteiger partial charge in [0.15, 0.2) is 0 Å². The first-order valence-electron chi connectivity index (χ1n) is 6.68. The van der Waals surface area contributed by atoms with Gasteiger partial charge in [-0.25, -0.2) is 0 Å². The molecule has 0 aliphatic rings. The topological polar surface area (TPSA) is 21.3 Å². The molecule has 1 unspecified atom stereocenters. The van der Waals surface area contributed by atoms with Gasteiger partial charge in [0.05, 0.1) is 0 Å². The number of benzene rings is 1. The summed E-state index contributed by atoms with van der Waals surface area (Å²) in [6.07, 6.45) is 1.08. The molecule has 3 heteroatoms. The van der Waals surface area contributed by atoms with E-state index < -0.39 is 0 Å². The lowest BCUT2D eigenvalue weighted by Crippen LogP contribution is -2.33. The second kappa shape index (κ2) is 7.31. The van der Waals surface area contributed by atoms with Gasteiger partial charge in [0.25, 0.3) is 0 Å². The van der Waals surface area contributed by atoms with E-state index in [0.29, 0.717) is 12.6 Å². The van der Waals surface area contributed by atoms with Crippen molar-refractivity contribution in [1.29, 1.82) is 0 Å². The van der Waals surface area contributed by atoms with Crippen LogP contribution in [0.1, 0.15) is 18.1 Å². The molecule has 2 rings (SSSR count). The van der Waals surface area contributed by atoms with Crippen molar-refractivity contribution in [2.45, 2.75) is 26.3 Å². The molecule has 0 fully saturated rings. The summed E-state index contributed by atoms with van der Waals surface area (Å²) in [5.74, 6) is 0.942. The first kappa shape index (κ1) is 14.1. The summed E-state index contributed by atoms with van der Waals surface area (Å²) in [5, 5.41) is 7.81. The zero-order valence-corrected chi connectivity index (χ0v) is 12.4. The van der Waals surface area contributed by atoms with E-state index in [0.717, 1.165) is 18.7 Å². The van der Waals surface area contributed by atoms with Crippen molar-refractivity contribution in [2.75, 3.05) is 13.2 Å². The van der Waals surface area contributed by atoms with E-state index in [-0.39, 0.29) is 0 Å². The van der Waals surface area contributed by atoms with Gasteiger partial charge in [-0.05, 0) is 61.3 Å². The molecular weight excluding hydrogens is 254 g/mol. The fourth-order valence-electron chi connectivity index (χ4n) is 1.81. The number of hydrogen-bond donors (Lipinski definition) is 1. The van der Waals surface area contributed by atoms with Crippen molar-refractivity contribution in [3.05, 3.63) is 52.2 Å². The predicted molar refractivity (Wildman–Crippen MR) is 82.2 cm³/mol. The van der Waals surface area contributed by atoms with Crippen molar-refractivity contribution >= 4 is 11.3 Å². The first-order chi connectivity index (χ1) is 9.24. The second-order valence-corrected chi connectivity index (χ2v) is 5.64. The maximum atomic E-state index is 5.75. The third-order valence-electron chi connectivity index (χ3n) is 3.01.